The predicted octanol–water partition coefficient (Wildman–Crippen LogP) is 24.3. The van der Waals surface area contributed by atoms with Crippen LogP contribution in [0.2, 0.25) is 0 Å². The van der Waals surface area contributed by atoms with Crippen molar-refractivity contribution in [2.24, 2.45) is 11.8 Å². The van der Waals surface area contributed by atoms with Crippen molar-refractivity contribution in [1.29, 1.82) is 0 Å². The van der Waals surface area contributed by atoms with Gasteiger partial charge in [0.25, 0.3) is 0 Å². The van der Waals surface area contributed by atoms with Crippen LogP contribution >= 0.6 is 15.6 Å². The number of aliphatic hydroxyl groups excluding tert-OH is 1. The average molecular weight is 1470 g/mol. The Hall–Kier alpha value is -1.94. The molecule has 0 amide bonds. The number of phosphoric acid groups is 2. The van der Waals surface area contributed by atoms with E-state index in [9.17, 15) is 43.2 Å². The van der Waals surface area contributed by atoms with Gasteiger partial charge in [0, 0.05) is 25.7 Å². The third-order valence-corrected chi connectivity index (χ3v) is 21.2. The van der Waals surface area contributed by atoms with Crippen molar-refractivity contribution in [2.75, 3.05) is 39.6 Å². The van der Waals surface area contributed by atoms with Crippen molar-refractivity contribution in [3.63, 3.8) is 0 Å². The highest BCUT2D eigenvalue weighted by atomic mass is 31.2. The quantitative estimate of drug-likeness (QED) is 0.0222. The van der Waals surface area contributed by atoms with Gasteiger partial charge >= 0.3 is 39.5 Å². The highest BCUT2D eigenvalue weighted by molar-refractivity contribution is 7.47. The van der Waals surface area contributed by atoms with Gasteiger partial charge in [0.2, 0.25) is 0 Å². The summed E-state index contributed by atoms with van der Waals surface area (Å²) in [6.07, 6.45) is 62.4. The average Bonchev–Trinajstić information content (AvgIpc) is 0.928. The van der Waals surface area contributed by atoms with Gasteiger partial charge in [0.05, 0.1) is 26.4 Å². The molecule has 0 aliphatic rings. The second kappa shape index (κ2) is 72.6. The number of hydrogen-bond acceptors (Lipinski definition) is 15. The van der Waals surface area contributed by atoms with E-state index in [-0.39, 0.29) is 25.7 Å². The van der Waals surface area contributed by atoms with Crippen LogP contribution in [-0.4, -0.2) is 96.7 Å². The van der Waals surface area contributed by atoms with Crippen molar-refractivity contribution in [3.05, 3.63) is 0 Å². The number of rotatable bonds is 80. The van der Waals surface area contributed by atoms with Gasteiger partial charge in [-0.3, -0.25) is 37.3 Å². The van der Waals surface area contributed by atoms with Gasteiger partial charge in [-0.15, -0.1) is 0 Å². The van der Waals surface area contributed by atoms with Crippen LogP contribution < -0.4 is 0 Å². The van der Waals surface area contributed by atoms with Gasteiger partial charge in [-0.05, 0) is 37.5 Å². The van der Waals surface area contributed by atoms with Gasteiger partial charge in [-0.25, -0.2) is 9.13 Å². The Labute approximate surface area is 613 Å². The van der Waals surface area contributed by atoms with Gasteiger partial charge in [-0.2, -0.15) is 0 Å². The molecule has 19 heteroatoms. The van der Waals surface area contributed by atoms with Crippen LogP contribution in [0.1, 0.15) is 427 Å². The van der Waals surface area contributed by atoms with Crippen LogP contribution in [0.15, 0.2) is 0 Å². The lowest BCUT2D eigenvalue weighted by atomic mass is 9.99. The Kier molecular flexibility index (Phi) is 71.2. The molecule has 0 bridgehead atoms. The number of esters is 4. The molecule has 0 aromatic heterocycles. The minimum Gasteiger partial charge on any atom is -0.462 e. The zero-order chi connectivity index (χ0) is 73.5. The van der Waals surface area contributed by atoms with Crippen LogP contribution in [0.4, 0.5) is 0 Å². The molecule has 100 heavy (non-hydrogen) atoms. The van der Waals surface area contributed by atoms with Gasteiger partial charge in [-0.1, -0.05) is 375 Å². The van der Waals surface area contributed by atoms with E-state index >= 15 is 0 Å². The highest BCUT2D eigenvalue weighted by Gasteiger charge is 2.30. The van der Waals surface area contributed by atoms with Crippen molar-refractivity contribution in [1.82, 2.24) is 0 Å². The second-order valence-corrected chi connectivity index (χ2v) is 32.8. The van der Waals surface area contributed by atoms with Crippen LogP contribution in [0.3, 0.4) is 0 Å². The summed E-state index contributed by atoms with van der Waals surface area (Å²) in [4.78, 5) is 73.0. The Morgan fingerprint density at radius 1 is 0.290 bits per heavy atom. The summed E-state index contributed by atoms with van der Waals surface area (Å²) in [6, 6.07) is 0. The first-order valence-electron chi connectivity index (χ1n) is 42.0. The van der Waals surface area contributed by atoms with Crippen LogP contribution in [0.5, 0.6) is 0 Å². The molecule has 0 heterocycles. The lowest BCUT2D eigenvalue weighted by Crippen LogP contribution is -2.30. The fourth-order valence-corrected chi connectivity index (χ4v) is 14.1. The van der Waals surface area contributed by atoms with Gasteiger partial charge in [0.1, 0.15) is 19.3 Å². The Morgan fingerprint density at radius 2 is 0.510 bits per heavy atom. The lowest BCUT2D eigenvalue weighted by molar-refractivity contribution is -0.161. The second-order valence-electron chi connectivity index (χ2n) is 29.9. The Bertz CT molecular complexity index is 1930. The molecule has 0 saturated heterocycles. The van der Waals surface area contributed by atoms with Crippen LogP contribution in [0, 0.1) is 11.8 Å². The third kappa shape index (κ3) is 73.0. The number of aliphatic hydroxyl groups is 1. The van der Waals surface area contributed by atoms with E-state index in [0.717, 1.165) is 102 Å². The summed E-state index contributed by atoms with van der Waals surface area (Å²) < 4.78 is 68.7. The van der Waals surface area contributed by atoms with Crippen LogP contribution in [-0.2, 0) is 65.4 Å². The summed E-state index contributed by atoms with van der Waals surface area (Å²) in [5.41, 5.74) is 0. The molecule has 0 aliphatic heterocycles. The molecule has 0 fully saturated rings. The zero-order valence-corrected chi connectivity index (χ0v) is 67.3. The van der Waals surface area contributed by atoms with E-state index in [1.54, 1.807) is 0 Å². The van der Waals surface area contributed by atoms with Crippen molar-refractivity contribution >= 4 is 39.5 Å². The molecular formula is C81H158O17P2. The summed E-state index contributed by atoms with van der Waals surface area (Å²) in [5, 5.41) is 10.6. The molecule has 3 unspecified atom stereocenters. The molecule has 0 aliphatic carbocycles. The molecule has 0 spiro atoms. The minimum absolute atomic E-state index is 0.105. The molecule has 0 aromatic rings. The normalized spacial score (nSPS) is 14.2. The van der Waals surface area contributed by atoms with E-state index < -0.39 is 97.5 Å². The lowest BCUT2D eigenvalue weighted by Gasteiger charge is -2.21. The number of carbonyl (C=O) groups excluding carboxylic acids is 4. The molecule has 0 radical (unpaired) electrons. The molecule has 0 saturated carbocycles. The Balaban J connectivity index is 5.25. The zero-order valence-electron chi connectivity index (χ0n) is 65.5. The maximum atomic E-state index is 13.1. The van der Waals surface area contributed by atoms with Crippen LogP contribution in [0.25, 0.3) is 0 Å². The first kappa shape index (κ1) is 98.1. The topological polar surface area (TPSA) is 237 Å². The largest absolute Gasteiger partial charge is 0.472 e. The van der Waals surface area contributed by atoms with E-state index in [0.29, 0.717) is 25.7 Å². The summed E-state index contributed by atoms with van der Waals surface area (Å²) >= 11 is 0. The number of unbranched alkanes of at least 4 members (excludes halogenated alkanes) is 49. The summed E-state index contributed by atoms with van der Waals surface area (Å²) in [5.74, 6) is -0.595. The first-order valence-corrected chi connectivity index (χ1v) is 45.0. The minimum atomic E-state index is -4.96. The Morgan fingerprint density at radius 3 is 0.760 bits per heavy atom. The maximum absolute atomic E-state index is 13.1. The third-order valence-electron chi connectivity index (χ3n) is 19.3. The summed E-state index contributed by atoms with van der Waals surface area (Å²) in [6.45, 7) is 9.61. The summed E-state index contributed by atoms with van der Waals surface area (Å²) in [7, 11) is -9.92. The van der Waals surface area contributed by atoms with Gasteiger partial charge < -0.3 is 33.8 Å². The SMILES string of the molecule is CCCCCCCCCCCCCCCCCCCCCC(=O)O[C@H](COC(=O)CCCCCCCCCCCCCCCCCCC)COP(=O)(O)OC[C@@H](O)COP(=O)(O)OC[C@@H](COC(=O)CCCCCCCCCCC(C)CC)OC(=O)CCCCCCCCCCCC(C)C. The number of phosphoric ester groups is 2. The molecule has 6 atom stereocenters. The number of ether oxygens (including phenoxy) is 4. The highest BCUT2D eigenvalue weighted by Crippen LogP contribution is 2.45. The van der Waals surface area contributed by atoms with Crippen molar-refractivity contribution < 1.29 is 80.2 Å². The van der Waals surface area contributed by atoms with E-state index in [4.69, 9.17) is 37.0 Å². The molecule has 0 rings (SSSR count). The van der Waals surface area contributed by atoms with Gasteiger partial charge in [0.15, 0.2) is 12.2 Å². The number of hydrogen-bond donors (Lipinski definition) is 3. The van der Waals surface area contributed by atoms with E-state index in [1.807, 2.05) is 0 Å². The monoisotopic (exact) mass is 1470 g/mol. The smallest absolute Gasteiger partial charge is 0.462 e. The van der Waals surface area contributed by atoms with Crippen molar-refractivity contribution in [2.45, 2.75) is 445 Å². The molecule has 594 valence electrons. The van der Waals surface area contributed by atoms with E-state index in [2.05, 4.69) is 41.5 Å². The number of carbonyl (C=O) groups is 4. The molecular weight excluding hydrogens is 1310 g/mol. The molecule has 0 aromatic carbocycles. The fraction of sp³-hybridized carbons (Fsp3) is 0.951. The van der Waals surface area contributed by atoms with E-state index in [1.165, 1.54) is 244 Å². The molecule has 3 N–H and O–H groups in total. The van der Waals surface area contributed by atoms with Crippen molar-refractivity contribution in [3.8, 4) is 0 Å². The maximum Gasteiger partial charge on any atom is 0.472 e. The fourth-order valence-electron chi connectivity index (χ4n) is 12.5. The predicted molar refractivity (Wildman–Crippen MR) is 409 cm³/mol. The first-order chi connectivity index (χ1) is 48.4. The molecule has 17 nitrogen and oxygen atoms in total. The standard InChI is InChI=1S/C81H158O17P2/c1-7-10-12-14-16-18-20-22-24-26-27-29-31-33-35-39-47-53-59-65-80(85)97-76(69-91-78(83)63-57-51-45-38-34-32-30-28-25-23-21-19-17-15-13-11-8-2)71-95-99(87,88)93-67-75(82)68-94-100(89,90)96-72-77(98-81(86)66-60-54-48-40-36-37-43-49-55-61-73(4)5)70-92-79(84)64-58-52-46-42-41-44-50-56-62-74(6)9-3/h73-77,82H,7-72H2,1-6H3,(H,87,88)(H,89,90)/t74?,75-,76-,77-/m1/s1.